The van der Waals surface area contributed by atoms with E-state index in [1.165, 1.54) is 0 Å². The molecule has 0 saturated heterocycles. The molecular formula is C15H24F2N2O. The molecule has 0 aliphatic rings. The van der Waals surface area contributed by atoms with E-state index in [1.807, 2.05) is 38.1 Å². The highest BCUT2D eigenvalue weighted by Gasteiger charge is 2.23. The molecule has 0 aromatic heterocycles. The molecule has 0 radical (unpaired) electrons. The number of likely N-dealkylation sites (N-methyl/N-ethyl adjacent to an activating group) is 2. The van der Waals surface area contributed by atoms with Gasteiger partial charge in [-0.05, 0) is 38.2 Å². The lowest BCUT2D eigenvalue weighted by Crippen LogP contribution is -2.42. The normalized spacial score (nSPS) is 14.6. The minimum absolute atomic E-state index is 0.00894. The van der Waals surface area contributed by atoms with Crippen LogP contribution in [0.4, 0.5) is 8.78 Å². The third-order valence-electron chi connectivity index (χ3n) is 3.50. The van der Waals surface area contributed by atoms with Gasteiger partial charge in [0.2, 0.25) is 0 Å². The first-order valence-electron chi connectivity index (χ1n) is 6.85. The molecule has 0 aliphatic carbocycles. The van der Waals surface area contributed by atoms with Crippen LogP contribution in [0.1, 0.15) is 25.5 Å². The Bertz CT molecular complexity index is 384. The van der Waals surface area contributed by atoms with Gasteiger partial charge in [0.05, 0.1) is 13.7 Å². The third-order valence-corrected chi connectivity index (χ3v) is 3.50. The van der Waals surface area contributed by atoms with Gasteiger partial charge in [-0.1, -0.05) is 19.1 Å². The van der Waals surface area contributed by atoms with Gasteiger partial charge in [0.25, 0.3) is 6.43 Å². The number of hydrogen-bond acceptors (Lipinski definition) is 3. The van der Waals surface area contributed by atoms with Crippen LogP contribution in [-0.4, -0.2) is 44.6 Å². The van der Waals surface area contributed by atoms with Crippen molar-refractivity contribution in [3.63, 3.8) is 0 Å². The summed E-state index contributed by atoms with van der Waals surface area (Å²) < 4.78 is 30.2. The molecule has 1 rings (SSSR count). The predicted molar refractivity (Wildman–Crippen MR) is 77.5 cm³/mol. The molecule has 1 aromatic rings. The molecule has 0 amide bonds. The van der Waals surface area contributed by atoms with E-state index in [1.54, 1.807) is 19.1 Å². The number of methoxy groups -OCH3 is 1. The quantitative estimate of drug-likeness (QED) is 0.795. The minimum Gasteiger partial charge on any atom is -0.497 e. The number of rotatable bonds is 8. The van der Waals surface area contributed by atoms with Crippen LogP contribution in [0, 0.1) is 0 Å². The number of hydrogen-bond donors (Lipinski definition) is 1. The fraction of sp³-hybridized carbons (Fsp3) is 0.600. The van der Waals surface area contributed by atoms with E-state index in [2.05, 4.69) is 5.32 Å². The van der Waals surface area contributed by atoms with Crippen LogP contribution in [-0.2, 0) is 0 Å². The molecule has 0 spiro atoms. The molecule has 0 saturated carbocycles. The second-order valence-corrected chi connectivity index (χ2v) is 4.88. The first kappa shape index (κ1) is 16.9. The highest BCUT2D eigenvalue weighted by molar-refractivity contribution is 5.29. The molecule has 114 valence electrons. The van der Waals surface area contributed by atoms with Crippen LogP contribution in [0.2, 0.25) is 0 Å². The highest BCUT2D eigenvalue weighted by Crippen LogP contribution is 2.23. The second-order valence-electron chi connectivity index (χ2n) is 4.88. The SMILES string of the molecule is CCNC(c1ccc(OC)cc1)C(C)N(C)CC(F)F. The number of nitrogens with zero attached hydrogens (tertiary/aromatic N) is 1. The Morgan fingerprint density at radius 3 is 2.30 bits per heavy atom. The van der Waals surface area contributed by atoms with Crippen molar-refractivity contribution in [3.05, 3.63) is 29.8 Å². The Kier molecular flexibility index (Phi) is 6.88. The monoisotopic (exact) mass is 286 g/mol. The predicted octanol–water partition coefficient (Wildman–Crippen LogP) is 2.93. The van der Waals surface area contributed by atoms with Crippen LogP contribution in [0.25, 0.3) is 0 Å². The number of nitrogens with one attached hydrogen (secondary N) is 1. The standard InChI is InChI=1S/C15H24F2N2O/c1-5-18-15(11(2)19(3)10-14(16)17)12-6-8-13(20-4)9-7-12/h6-9,11,14-15,18H,5,10H2,1-4H3. The van der Waals surface area contributed by atoms with Gasteiger partial charge in [-0.15, -0.1) is 0 Å². The summed E-state index contributed by atoms with van der Waals surface area (Å²) in [6.45, 7) is 4.53. The van der Waals surface area contributed by atoms with Crippen molar-refractivity contribution in [2.24, 2.45) is 0 Å². The first-order chi connectivity index (χ1) is 9.49. The maximum Gasteiger partial charge on any atom is 0.251 e. The van der Waals surface area contributed by atoms with Crippen molar-refractivity contribution >= 4 is 0 Å². The van der Waals surface area contributed by atoms with Gasteiger partial charge >= 0.3 is 0 Å². The zero-order valence-corrected chi connectivity index (χ0v) is 12.6. The lowest BCUT2D eigenvalue weighted by Gasteiger charge is -2.32. The number of halogens is 2. The van der Waals surface area contributed by atoms with Crippen molar-refractivity contribution in [1.82, 2.24) is 10.2 Å². The fourth-order valence-electron chi connectivity index (χ4n) is 2.24. The maximum atomic E-state index is 12.5. The Morgan fingerprint density at radius 1 is 1.25 bits per heavy atom. The smallest absolute Gasteiger partial charge is 0.251 e. The Labute approximate surface area is 119 Å². The Hall–Kier alpha value is -1.20. The minimum atomic E-state index is -2.32. The van der Waals surface area contributed by atoms with E-state index in [0.29, 0.717) is 0 Å². The van der Waals surface area contributed by atoms with E-state index in [4.69, 9.17) is 4.74 Å². The summed E-state index contributed by atoms with van der Waals surface area (Å²) in [6.07, 6.45) is -2.32. The van der Waals surface area contributed by atoms with Gasteiger partial charge in [-0.3, -0.25) is 4.90 Å². The third kappa shape index (κ3) is 4.72. The van der Waals surface area contributed by atoms with Crippen molar-refractivity contribution < 1.29 is 13.5 Å². The van der Waals surface area contributed by atoms with Crippen LogP contribution in [0.15, 0.2) is 24.3 Å². The van der Waals surface area contributed by atoms with Crippen molar-refractivity contribution in [1.29, 1.82) is 0 Å². The number of alkyl halides is 2. The molecule has 5 heteroatoms. The highest BCUT2D eigenvalue weighted by atomic mass is 19.3. The fourth-order valence-corrected chi connectivity index (χ4v) is 2.24. The molecule has 1 N–H and O–H groups in total. The topological polar surface area (TPSA) is 24.5 Å². The van der Waals surface area contributed by atoms with Gasteiger partial charge in [0.15, 0.2) is 0 Å². The summed E-state index contributed by atoms with van der Waals surface area (Å²) in [5, 5.41) is 3.36. The second kappa shape index (κ2) is 8.17. The van der Waals surface area contributed by atoms with Gasteiger partial charge in [0.1, 0.15) is 5.75 Å². The van der Waals surface area contributed by atoms with Crippen LogP contribution < -0.4 is 10.1 Å². The summed E-state index contributed by atoms with van der Waals surface area (Å²) in [4.78, 5) is 1.68. The number of benzene rings is 1. The van der Waals surface area contributed by atoms with Crippen LogP contribution in [0.3, 0.4) is 0 Å². The molecule has 20 heavy (non-hydrogen) atoms. The van der Waals surface area contributed by atoms with E-state index in [0.717, 1.165) is 17.9 Å². The van der Waals surface area contributed by atoms with Gasteiger partial charge < -0.3 is 10.1 Å². The van der Waals surface area contributed by atoms with E-state index < -0.39 is 6.43 Å². The number of ether oxygens (including phenoxy) is 1. The average Bonchev–Trinajstić information content (AvgIpc) is 2.43. The van der Waals surface area contributed by atoms with Crippen LogP contribution >= 0.6 is 0 Å². The average molecular weight is 286 g/mol. The Balaban J connectivity index is 2.85. The lowest BCUT2D eigenvalue weighted by molar-refractivity contribution is 0.0749. The molecule has 0 bridgehead atoms. The largest absolute Gasteiger partial charge is 0.497 e. The van der Waals surface area contributed by atoms with Gasteiger partial charge in [-0.25, -0.2) is 8.78 Å². The molecule has 2 unspecified atom stereocenters. The lowest BCUT2D eigenvalue weighted by atomic mass is 9.99. The summed E-state index contributed by atoms with van der Waals surface area (Å²) in [7, 11) is 3.35. The summed E-state index contributed by atoms with van der Waals surface area (Å²) in [5.74, 6) is 0.789. The molecule has 0 fully saturated rings. The van der Waals surface area contributed by atoms with Crippen molar-refractivity contribution in [2.45, 2.75) is 32.4 Å². The van der Waals surface area contributed by atoms with E-state index in [9.17, 15) is 8.78 Å². The summed E-state index contributed by atoms with van der Waals surface area (Å²) >= 11 is 0. The zero-order chi connectivity index (χ0) is 15.1. The first-order valence-corrected chi connectivity index (χ1v) is 6.85. The van der Waals surface area contributed by atoms with E-state index >= 15 is 0 Å². The van der Waals surface area contributed by atoms with E-state index in [-0.39, 0.29) is 18.6 Å². The maximum absolute atomic E-state index is 12.5. The summed E-state index contributed by atoms with van der Waals surface area (Å²) in [6, 6.07) is 7.70. The molecular weight excluding hydrogens is 262 g/mol. The molecule has 0 aliphatic heterocycles. The zero-order valence-electron chi connectivity index (χ0n) is 12.6. The molecule has 3 nitrogen and oxygen atoms in total. The van der Waals surface area contributed by atoms with Gasteiger partial charge in [0, 0.05) is 12.1 Å². The summed E-state index contributed by atoms with van der Waals surface area (Å²) in [5.41, 5.74) is 1.07. The molecule has 0 heterocycles. The van der Waals surface area contributed by atoms with Gasteiger partial charge in [-0.2, -0.15) is 0 Å². The molecule has 2 atom stereocenters. The molecule has 1 aromatic carbocycles. The Morgan fingerprint density at radius 2 is 1.85 bits per heavy atom. The van der Waals surface area contributed by atoms with Crippen molar-refractivity contribution in [3.8, 4) is 5.75 Å². The van der Waals surface area contributed by atoms with Crippen LogP contribution in [0.5, 0.6) is 5.75 Å². The van der Waals surface area contributed by atoms with Crippen molar-refractivity contribution in [2.75, 3.05) is 27.2 Å².